The van der Waals surface area contributed by atoms with Crippen molar-refractivity contribution in [1.82, 2.24) is 0 Å². The molecule has 0 aromatic carbocycles. The summed E-state index contributed by atoms with van der Waals surface area (Å²) in [5, 5.41) is 9.24. The molecule has 3 unspecified atom stereocenters. The highest BCUT2D eigenvalue weighted by Crippen LogP contribution is 2.38. The van der Waals surface area contributed by atoms with Crippen molar-refractivity contribution in [2.24, 2.45) is 11.8 Å². The first-order valence-corrected chi connectivity index (χ1v) is 7.83. The van der Waals surface area contributed by atoms with Gasteiger partial charge in [-0.15, -0.1) is 0 Å². The molecule has 3 atom stereocenters. The van der Waals surface area contributed by atoms with Crippen molar-refractivity contribution >= 4 is 17.3 Å². The highest BCUT2D eigenvalue weighted by molar-refractivity contribution is 6.33. The summed E-state index contributed by atoms with van der Waals surface area (Å²) in [5.41, 5.74) is 3.26. The van der Waals surface area contributed by atoms with E-state index >= 15 is 0 Å². The Morgan fingerprint density at radius 3 is 2.65 bits per heavy atom. The fourth-order valence-corrected chi connectivity index (χ4v) is 3.33. The lowest BCUT2D eigenvalue weighted by Crippen LogP contribution is -2.25. The molecule has 3 heteroatoms. The van der Waals surface area contributed by atoms with Crippen LogP contribution in [0.5, 0.6) is 0 Å². The van der Waals surface area contributed by atoms with E-state index in [9.17, 15) is 0 Å². The van der Waals surface area contributed by atoms with E-state index in [1.807, 2.05) is 13.0 Å². The maximum atomic E-state index is 8.39. The number of nitrogens with one attached hydrogen (secondary N) is 1. The van der Waals surface area contributed by atoms with Crippen LogP contribution in [0.1, 0.15) is 39.5 Å². The largest absolute Gasteiger partial charge is 0.381 e. The maximum absolute atomic E-state index is 8.39. The van der Waals surface area contributed by atoms with Gasteiger partial charge in [0.05, 0.1) is 6.10 Å². The van der Waals surface area contributed by atoms with Gasteiger partial charge in [0.15, 0.2) is 0 Å². The lowest BCUT2D eigenvalue weighted by atomic mass is 9.88. The number of ether oxygens (including phenoxy) is 1. The third kappa shape index (κ3) is 3.24. The van der Waals surface area contributed by atoms with Crippen LogP contribution in [-0.4, -0.2) is 18.9 Å². The van der Waals surface area contributed by atoms with Crippen LogP contribution in [0, 0.1) is 17.2 Å². The summed E-state index contributed by atoms with van der Waals surface area (Å²) in [6, 6.07) is 0. The van der Waals surface area contributed by atoms with E-state index in [4.69, 9.17) is 21.7 Å². The van der Waals surface area contributed by atoms with Crippen molar-refractivity contribution < 1.29 is 4.74 Å². The first-order chi connectivity index (χ1) is 9.56. The highest BCUT2D eigenvalue weighted by atomic mass is 35.5. The van der Waals surface area contributed by atoms with Crippen molar-refractivity contribution in [1.29, 1.82) is 5.41 Å². The van der Waals surface area contributed by atoms with Gasteiger partial charge in [0, 0.05) is 23.8 Å². The molecular weight excluding hydrogens is 270 g/mol. The Morgan fingerprint density at radius 2 is 2.15 bits per heavy atom. The van der Waals surface area contributed by atoms with Crippen LogP contribution in [0.15, 0.2) is 34.4 Å². The van der Waals surface area contributed by atoms with Gasteiger partial charge in [0.25, 0.3) is 0 Å². The molecule has 0 amide bonds. The average Bonchev–Trinajstić information content (AvgIpc) is 2.56. The second-order valence-corrected chi connectivity index (χ2v) is 6.25. The SMILES string of the molecule is CCCC1CC(=N)C(C(C)OC)C=C(C2=C(Cl)C=C2)C1. The zero-order valence-electron chi connectivity index (χ0n) is 12.6. The molecule has 20 heavy (non-hydrogen) atoms. The van der Waals surface area contributed by atoms with Crippen LogP contribution >= 0.6 is 11.6 Å². The van der Waals surface area contributed by atoms with Crippen molar-refractivity contribution in [3.05, 3.63) is 34.4 Å². The smallest absolute Gasteiger partial charge is 0.0658 e. The third-order valence-electron chi connectivity index (χ3n) is 4.37. The second-order valence-electron chi connectivity index (χ2n) is 5.84. The molecule has 0 saturated heterocycles. The van der Waals surface area contributed by atoms with E-state index < -0.39 is 0 Å². The van der Waals surface area contributed by atoms with Crippen molar-refractivity contribution in [3.8, 4) is 0 Å². The number of halogens is 1. The zero-order chi connectivity index (χ0) is 14.7. The van der Waals surface area contributed by atoms with E-state index in [1.165, 1.54) is 18.4 Å². The molecular formula is C17H24ClNO. The molecule has 0 heterocycles. The highest BCUT2D eigenvalue weighted by Gasteiger charge is 2.29. The van der Waals surface area contributed by atoms with Crippen molar-refractivity contribution in [3.63, 3.8) is 0 Å². The summed E-state index contributed by atoms with van der Waals surface area (Å²) in [6.07, 6.45) is 10.5. The van der Waals surface area contributed by atoms with E-state index in [2.05, 4.69) is 19.1 Å². The number of methoxy groups -OCH3 is 1. The average molecular weight is 294 g/mol. The van der Waals surface area contributed by atoms with Crippen LogP contribution < -0.4 is 0 Å². The van der Waals surface area contributed by atoms with Crippen molar-refractivity contribution in [2.45, 2.75) is 45.6 Å². The minimum atomic E-state index is 0.0429. The predicted molar refractivity (Wildman–Crippen MR) is 85.4 cm³/mol. The fourth-order valence-electron chi connectivity index (χ4n) is 3.08. The van der Waals surface area contributed by atoms with E-state index in [1.54, 1.807) is 7.11 Å². The number of hydrogen-bond acceptors (Lipinski definition) is 2. The van der Waals surface area contributed by atoms with Crippen LogP contribution in [0.25, 0.3) is 0 Å². The monoisotopic (exact) mass is 293 g/mol. The molecule has 2 aliphatic carbocycles. The lowest BCUT2D eigenvalue weighted by Gasteiger charge is -2.21. The van der Waals surface area contributed by atoms with Gasteiger partial charge in [-0.2, -0.15) is 0 Å². The first-order valence-electron chi connectivity index (χ1n) is 7.45. The van der Waals surface area contributed by atoms with Crippen molar-refractivity contribution in [2.75, 3.05) is 7.11 Å². The molecule has 2 aliphatic rings. The fraction of sp³-hybridized carbons (Fsp3) is 0.588. The van der Waals surface area contributed by atoms with Gasteiger partial charge >= 0.3 is 0 Å². The summed E-state index contributed by atoms with van der Waals surface area (Å²) in [7, 11) is 1.72. The van der Waals surface area contributed by atoms with E-state index in [0.717, 1.165) is 29.2 Å². The van der Waals surface area contributed by atoms with Gasteiger partial charge in [0.2, 0.25) is 0 Å². The van der Waals surface area contributed by atoms with E-state index in [0.29, 0.717) is 5.92 Å². The molecule has 110 valence electrons. The Kier molecular flexibility index (Phi) is 5.22. The topological polar surface area (TPSA) is 33.1 Å². The summed E-state index contributed by atoms with van der Waals surface area (Å²) in [4.78, 5) is 0. The Labute approximate surface area is 127 Å². The van der Waals surface area contributed by atoms with Gasteiger partial charge in [0.1, 0.15) is 0 Å². The number of hydrogen-bond donors (Lipinski definition) is 1. The van der Waals surface area contributed by atoms with Crippen LogP contribution in [0.2, 0.25) is 0 Å². The second kappa shape index (κ2) is 6.73. The summed E-state index contributed by atoms with van der Waals surface area (Å²) >= 11 is 6.19. The molecule has 0 bridgehead atoms. The molecule has 0 radical (unpaired) electrons. The standard InChI is InChI=1S/C17H24ClNO/c1-4-5-12-8-13(14-6-7-16(14)18)10-15(11(2)20-3)17(19)9-12/h6-7,10-12,15,19H,4-5,8-9H2,1-3H3. The zero-order valence-corrected chi connectivity index (χ0v) is 13.3. The third-order valence-corrected chi connectivity index (χ3v) is 4.70. The Balaban J connectivity index is 2.28. The lowest BCUT2D eigenvalue weighted by molar-refractivity contribution is 0.103. The number of rotatable bonds is 5. The minimum Gasteiger partial charge on any atom is -0.381 e. The molecule has 2 rings (SSSR count). The molecule has 0 aromatic rings. The van der Waals surface area contributed by atoms with Gasteiger partial charge < -0.3 is 10.1 Å². The maximum Gasteiger partial charge on any atom is 0.0658 e. The predicted octanol–water partition coefficient (Wildman–Crippen LogP) is 4.86. The van der Waals surface area contributed by atoms with Crippen LogP contribution in [0.4, 0.5) is 0 Å². The Hall–Kier alpha value is -0.860. The minimum absolute atomic E-state index is 0.0429. The first kappa shape index (κ1) is 15.5. The molecule has 1 N–H and O–H groups in total. The van der Waals surface area contributed by atoms with Crippen LogP contribution in [0.3, 0.4) is 0 Å². The van der Waals surface area contributed by atoms with E-state index in [-0.39, 0.29) is 12.0 Å². The van der Waals surface area contributed by atoms with Gasteiger partial charge in [-0.25, -0.2) is 0 Å². The molecule has 2 nitrogen and oxygen atoms in total. The van der Waals surface area contributed by atoms with Crippen LogP contribution in [-0.2, 0) is 4.74 Å². The molecule has 0 saturated carbocycles. The van der Waals surface area contributed by atoms with Gasteiger partial charge in [-0.05, 0) is 42.9 Å². The quantitative estimate of drug-likeness (QED) is 0.772. The molecule has 0 fully saturated rings. The normalized spacial score (nSPS) is 28.0. The van der Waals surface area contributed by atoms with Gasteiger partial charge in [-0.1, -0.05) is 43.5 Å². The molecule has 0 aliphatic heterocycles. The Bertz CT molecular complexity index is 475. The molecule has 0 spiro atoms. The van der Waals surface area contributed by atoms with Gasteiger partial charge in [-0.3, -0.25) is 0 Å². The summed E-state index contributed by atoms with van der Waals surface area (Å²) in [6.45, 7) is 4.25. The summed E-state index contributed by atoms with van der Waals surface area (Å²) < 4.78 is 5.46. The number of allylic oxidation sites excluding steroid dienone is 5. The Morgan fingerprint density at radius 1 is 1.40 bits per heavy atom. The molecule has 0 aromatic heterocycles. The summed E-state index contributed by atoms with van der Waals surface area (Å²) in [5.74, 6) is 0.626.